The molecule has 0 radical (unpaired) electrons. The Morgan fingerprint density at radius 2 is 1.85 bits per heavy atom. The van der Waals surface area contributed by atoms with Crippen molar-refractivity contribution in [2.75, 3.05) is 0 Å². The zero-order valence-electron chi connectivity index (χ0n) is 10.7. The summed E-state index contributed by atoms with van der Waals surface area (Å²) in [7, 11) is 0. The van der Waals surface area contributed by atoms with Gasteiger partial charge in [-0.2, -0.15) is 0 Å². The van der Waals surface area contributed by atoms with Gasteiger partial charge in [-0.15, -0.1) is 0 Å². The van der Waals surface area contributed by atoms with Crippen LogP contribution in [0, 0.1) is 5.82 Å². The highest BCUT2D eigenvalue weighted by molar-refractivity contribution is 9.10. The lowest BCUT2D eigenvalue weighted by Gasteiger charge is -2.09. The number of nitrogens with one attached hydrogen (secondary N) is 1. The third-order valence-electron chi connectivity index (χ3n) is 2.92. The number of rotatable bonds is 5. The van der Waals surface area contributed by atoms with Gasteiger partial charge in [-0.25, -0.2) is 4.39 Å². The normalized spacial score (nSPS) is 10.5. The summed E-state index contributed by atoms with van der Waals surface area (Å²) in [6.45, 7) is 0.980. The number of primary amides is 1. The molecule has 0 fully saturated rings. The van der Waals surface area contributed by atoms with E-state index in [1.165, 1.54) is 12.1 Å². The molecule has 20 heavy (non-hydrogen) atoms. The van der Waals surface area contributed by atoms with Crippen LogP contribution in [0.15, 0.2) is 46.9 Å². The van der Waals surface area contributed by atoms with Crippen LogP contribution in [0.4, 0.5) is 4.39 Å². The Morgan fingerprint density at radius 3 is 2.60 bits per heavy atom. The smallest absolute Gasteiger partial charge is 0.249 e. The summed E-state index contributed by atoms with van der Waals surface area (Å²) in [6.07, 6.45) is 0. The molecule has 0 atom stereocenters. The molecule has 0 aliphatic heterocycles. The van der Waals surface area contributed by atoms with Crippen LogP contribution in [-0.4, -0.2) is 5.91 Å². The highest BCUT2D eigenvalue weighted by atomic mass is 79.9. The average Bonchev–Trinajstić information content (AvgIpc) is 2.43. The Labute approximate surface area is 125 Å². The van der Waals surface area contributed by atoms with Gasteiger partial charge in [0, 0.05) is 23.1 Å². The van der Waals surface area contributed by atoms with E-state index < -0.39 is 5.91 Å². The summed E-state index contributed by atoms with van der Waals surface area (Å²) in [6, 6.07) is 11.7. The minimum absolute atomic E-state index is 0.275. The number of hydrogen-bond donors (Lipinski definition) is 2. The molecule has 0 saturated carbocycles. The monoisotopic (exact) mass is 336 g/mol. The second-order valence-corrected chi connectivity index (χ2v) is 5.22. The lowest BCUT2D eigenvalue weighted by atomic mass is 10.1. The van der Waals surface area contributed by atoms with Crippen molar-refractivity contribution >= 4 is 21.8 Å². The first-order valence-corrected chi connectivity index (χ1v) is 6.89. The van der Waals surface area contributed by atoms with E-state index >= 15 is 0 Å². The van der Waals surface area contributed by atoms with E-state index in [9.17, 15) is 9.18 Å². The number of carbonyl (C=O) groups is 1. The van der Waals surface area contributed by atoms with E-state index in [1.807, 2.05) is 12.1 Å². The molecule has 2 rings (SSSR count). The zero-order chi connectivity index (χ0) is 14.5. The number of benzene rings is 2. The SMILES string of the molecule is NC(=O)c1ccccc1CNCc1cc(F)ccc1Br. The van der Waals surface area contributed by atoms with Gasteiger partial charge in [-0.1, -0.05) is 34.1 Å². The van der Waals surface area contributed by atoms with Crippen LogP contribution in [0.1, 0.15) is 21.5 Å². The third-order valence-corrected chi connectivity index (χ3v) is 3.70. The van der Waals surface area contributed by atoms with Crippen molar-refractivity contribution in [1.82, 2.24) is 5.32 Å². The Kier molecular flexibility index (Phi) is 4.87. The minimum atomic E-state index is -0.450. The van der Waals surface area contributed by atoms with Gasteiger partial charge in [0.25, 0.3) is 0 Å². The quantitative estimate of drug-likeness (QED) is 0.881. The fourth-order valence-electron chi connectivity index (χ4n) is 1.93. The highest BCUT2D eigenvalue weighted by Gasteiger charge is 2.07. The van der Waals surface area contributed by atoms with Crippen LogP contribution >= 0.6 is 15.9 Å². The zero-order valence-corrected chi connectivity index (χ0v) is 12.3. The van der Waals surface area contributed by atoms with Gasteiger partial charge in [-0.05, 0) is 35.4 Å². The average molecular weight is 337 g/mol. The van der Waals surface area contributed by atoms with Crippen LogP contribution in [0.2, 0.25) is 0 Å². The standard InChI is InChI=1S/C15H14BrFN2O/c16-14-6-5-12(17)7-11(14)9-19-8-10-3-1-2-4-13(10)15(18)20/h1-7,19H,8-9H2,(H2,18,20). The van der Waals surface area contributed by atoms with Crippen LogP contribution in [0.25, 0.3) is 0 Å². The van der Waals surface area contributed by atoms with Crippen molar-refractivity contribution in [2.45, 2.75) is 13.1 Å². The predicted octanol–water partition coefficient (Wildman–Crippen LogP) is 2.98. The largest absolute Gasteiger partial charge is 0.366 e. The summed E-state index contributed by atoms with van der Waals surface area (Å²) in [4.78, 5) is 11.3. The van der Waals surface area contributed by atoms with Crippen molar-refractivity contribution in [2.24, 2.45) is 5.73 Å². The van der Waals surface area contributed by atoms with Crippen molar-refractivity contribution in [3.63, 3.8) is 0 Å². The second kappa shape index (κ2) is 6.63. The van der Waals surface area contributed by atoms with Gasteiger partial charge in [0.05, 0.1) is 0 Å². The summed E-state index contributed by atoms with van der Waals surface area (Å²) >= 11 is 3.37. The van der Waals surface area contributed by atoms with Crippen molar-refractivity contribution in [3.05, 3.63) is 69.4 Å². The molecule has 0 aliphatic carbocycles. The minimum Gasteiger partial charge on any atom is -0.366 e. The molecule has 0 aliphatic rings. The van der Waals surface area contributed by atoms with Gasteiger partial charge in [0.1, 0.15) is 5.82 Å². The maximum atomic E-state index is 13.2. The van der Waals surface area contributed by atoms with Crippen molar-refractivity contribution < 1.29 is 9.18 Å². The maximum absolute atomic E-state index is 13.2. The lowest BCUT2D eigenvalue weighted by Crippen LogP contribution is -2.19. The highest BCUT2D eigenvalue weighted by Crippen LogP contribution is 2.18. The molecule has 0 unspecified atom stereocenters. The summed E-state index contributed by atoms with van der Waals surface area (Å²) in [5.41, 5.74) is 7.46. The molecule has 104 valence electrons. The fourth-order valence-corrected chi connectivity index (χ4v) is 2.31. The molecule has 0 spiro atoms. The Balaban J connectivity index is 2.03. The van der Waals surface area contributed by atoms with E-state index in [4.69, 9.17) is 5.73 Å². The Bertz CT molecular complexity index is 631. The summed E-state index contributed by atoms with van der Waals surface area (Å²) in [5.74, 6) is -0.725. The van der Waals surface area contributed by atoms with Crippen LogP contribution in [-0.2, 0) is 13.1 Å². The molecule has 0 bridgehead atoms. The van der Waals surface area contributed by atoms with Gasteiger partial charge >= 0.3 is 0 Å². The van der Waals surface area contributed by atoms with Crippen molar-refractivity contribution in [3.8, 4) is 0 Å². The molecular weight excluding hydrogens is 323 g/mol. The molecule has 3 N–H and O–H groups in total. The fraction of sp³-hybridized carbons (Fsp3) is 0.133. The van der Waals surface area contributed by atoms with Crippen LogP contribution < -0.4 is 11.1 Å². The molecule has 1 amide bonds. The second-order valence-electron chi connectivity index (χ2n) is 4.36. The van der Waals surface area contributed by atoms with E-state index in [0.29, 0.717) is 18.7 Å². The molecule has 0 saturated heterocycles. The molecule has 3 nitrogen and oxygen atoms in total. The topological polar surface area (TPSA) is 55.1 Å². The van der Waals surface area contributed by atoms with Crippen molar-refractivity contribution in [1.29, 1.82) is 0 Å². The van der Waals surface area contributed by atoms with E-state index in [-0.39, 0.29) is 5.82 Å². The Morgan fingerprint density at radius 1 is 1.15 bits per heavy atom. The first-order valence-electron chi connectivity index (χ1n) is 6.10. The summed E-state index contributed by atoms with van der Waals surface area (Å²) in [5, 5.41) is 3.18. The van der Waals surface area contributed by atoms with Gasteiger partial charge in [0.2, 0.25) is 5.91 Å². The number of amides is 1. The molecule has 2 aromatic rings. The van der Waals surface area contributed by atoms with Gasteiger partial charge in [-0.3, -0.25) is 4.79 Å². The van der Waals surface area contributed by atoms with Crippen LogP contribution in [0.5, 0.6) is 0 Å². The molecule has 2 aromatic carbocycles. The molecule has 0 aromatic heterocycles. The Hall–Kier alpha value is -1.72. The first kappa shape index (κ1) is 14.7. The molecule has 5 heteroatoms. The van der Waals surface area contributed by atoms with Crippen LogP contribution in [0.3, 0.4) is 0 Å². The van der Waals surface area contributed by atoms with Gasteiger partial charge in [0.15, 0.2) is 0 Å². The third kappa shape index (κ3) is 3.65. The molecular formula is C15H14BrFN2O. The summed E-state index contributed by atoms with van der Waals surface area (Å²) < 4.78 is 14.0. The first-order chi connectivity index (χ1) is 9.58. The number of carbonyl (C=O) groups excluding carboxylic acids is 1. The predicted molar refractivity (Wildman–Crippen MR) is 79.6 cm³/mol. The number of hydrogen-bond acceptors (Lipinski definition) is 2. The van der Waals surface area contributed by atoms with E-state index in [2.05, 4.69) is 21.2 Å². The lowest BCUT2D eigenvalue weighted by molar-refractivity contribution is 0.0999. The molecule has 0 heterocycles. The van der Waals surface area contributed by atoms with Gasteiger partial charge < -0.3 is 11.1 Å². The maximum Gasteiger partial charge on any atom is 0.249 e. The van der Waals surface area contributed by atoms with E-state index in [0.717, 1.165) is 15.6 Å². The number of halogens is 2. The number of nitrogens with two attached hydrogens (primary N) is 1. The van der Waals surface area contributed by atoms with E-state index in [1.54, 1.807) is 18.2 Å².